The van der Waals surface area contributed by atoms with Crippen LogP contribution in [-0.2, 0) is 13.2 Å². The van der Waals surface area contributed by atoms with Crippen molar-refractivity contribution in [2.45, 2.75) is 13.2 Å². The fourth-order valence-corrected chi connectivity index (χ4v) is 2.16. The number of ether oxygens (including phenoxy) is 2. The molecule has 0 radical (unpaired) electrons. The van der Waals surface area contributed by atoms with Crippen LogP contribution in [0.1, 0.15) is 11.1 Å². The Bertz CT molecular complexity index is 623. The highest BCUT2D eigenvalue weighted by Crippen LogP contribution is 2.29. The quantitative estimate of drug-likeness (QED) is 0.850. The van der Waals surface area contributed by atoms with Crippen LogP contribution in [0.4, 0.5) is 4.39 Å². The molecular weight excluding hydrogens is 328 g/mol. The molecule has 6 heteroatoms. The zero-order valence-corrected chi connectivity index (χ0v) is 13.9. The molecule has 2 aromatic carbocycles. The number of hydrogen-bond donors (Lipinski definition) is 1. The third kappa shape index (κ3) is 4.77. The fourth-order valence-electron chi connectivity index (χ4n) is 1.94. The lowest BCUT2D eigenvalue weighted by Crippen LogP contribution is -2.05. The van der Waals surface area contributed by atoms with Crippen molar-refractivity contribution in [2.24, 2.45) is 0 Å². The van der Waals surface area contributed by atoms with Gasteiger partial charge in [-0.3, -0.25) is 0 Å². The van der Waals surface area contributed by atoms with Gasteiger partial charge in [0.1, 0.15) is 12.4 Å². The lowest BCUT2D eigenvalue weighted by atomic mass is 10.2. The lowest BCUT2D eigenvalue weighted by Gasteiger charge is -2.13. The number of nitrogens with one attached hydrogen (secondary N) is 1. The van der Waals surface area contributed by atoms with E-state index in [2.05, 4.69) is 5.32 Å². The van der Waals surface area contributed by atoms with Gasteiger partial charge in [-0.05, 0) is 36.9 Å². The number of rotatable bonds is 6. The van der Waals surface area contributed by atoms with E-state index in [-0.39, 0.29) is 24.8 Å². The van der Waals surface area contributed by atoms with Crippen molar-refractivity contribution in [3.05, 3.63) is 58.4 Å². The maximum atomic E-state index is 13.0. The molecule has 0 spiro atoms. The first-order chi connectivity index (χ1) is 10.1. The Balaban J connectivity index is 0.00000242. The molecule has 0 amide bonds. The van der Waals surface area contributed by atoms with Crippen LogP contribution in [0.5, 0.6) is 11.5 Å². The number of halogens is 3. The number of hydrogen-bond acceptors (Lipinski definition) is 3. The third-order valence-electron chi connectivity index (χ3n) is 3.01. The van der Waals surface area contributed by atoms with Crippen molar-refractivity contribution in [1.29, 1.82) is 0 Å². The van der Waals surface area contributed by atoms with Crippen LogP contribution in [0, 0.1) is 5.82 Å². The monoisotopic (exact) mass is 345 g/mol. The summed E-state index contributed by atoms with van der Waals surface area (Å²) in [6.07, 6.45) is 0. The van der Waals surface area contributed by atoms with Crippen LogP contribution in [0.2, 0.25) is 5.02 Å². The zero-order valence-electron chi connectivity index (χ0n) is 12.4. The van der Waals surface area contributed by atoms with Crippen molar-refractivity contribution in [2.75, 3.05) is 14.2 Å². The molecule has 1 N–H and O–H groups in total. The van der Waals surface area contributed by atoms with Crippen LogP contribution in [-0.4, -0.2) is 14.2 Å². The summed E-state index contributed by atoms with van der Waals surface area (Å²) in [7, 11) is 3.48. The van der Waals surface area contributed by atoms with Gasteiger partial charge < -0.3 is 14.8 Å². The van der Waals surface area contributed by atoms with Gasteiger partial charge in [0.05, 0.1) is 12.1 Å². The van der Waals surface area contributed by atoms with E-state index in [4.69, 9.17) is 21.1 Å². The molecule has 2 rings (SSSR count). The van der Waals surface area contributed by atoms with Gasteiger partial charge in [0, 0.05) is 12.1 Å². The number of benzene rings is 2. The molecule has 120 valence electrons. The maximum absolute atomic E-state index is 13.0. The van der Waals surface area contributed by atoms with Crippen molar-refractivity contribution >= 4 is 24.0 Å². The Labute approximate surface area is 140 Å². The van der Waals surface area contributed by atoms with Gasteiger partial charge in [-0.25, -0.2) is 4.39 Å². The Morgan fingerprint density at radius 2 is 1.91 bits per heavy atom. The van der Waals surface area contributed by atoms with Gasteiger partial charge in [-0.2, -0.15) is 0 Å². The molecule has 0 saturated carbocycles. The van der Waals surface area contributed by atoms with Crippen molar-refractivity contribution in [3.8, 4) is 11.5 Å². The normalized spacial score (nSPS) is 10.0. The maximum Gasteiger partial charge on any atom is 0.161 e. The van der Waals surface area contributed by atoms with E-state index in [1.165, 1.54) is 12.1 Å². The summed E-state index contributed by atoms with van der Waals surface area (Å²) in [5.41, 5.74) is 1.82. The molecule has 0 heterocycles. The molecule has 2 aromatic rings. The summed E-state index contributed by atoms with van der Waals surface area (Å²) >= 11 is 5.98. The predicted octanol–water partition coefficient (Wildman–Crippen LogP) is 4.21. The highest BCUT2D eigenvalue weighted by Gasteiger charge is 2.08. The fraction of sp³-hybridized carbons (Fsp3) is 0.250. The summed E-state index contributed by atoms with van der Waals surface area (Å²) in [4.78, 5) is 0. The average Bonchev–Trinajstić information content (AvgIpc) is 2.47. The Morgan fingerprint density at radius 1 is 1.14 bits per heavy atom. The van der Waals surface area contributed by atoms with Crippen molar-refractivity contribution in [3.63, 3.8) is 0 Å². The van der Waals surface area contributed by atoms with E-state index in [0.717, 1.165) is 17.7 Å². The van der Waals surface area contributed by atoms with E-state index < -0.39 is 0 Å². The van der Waals surface area contributed by atoms with Crippen LogP contribution in [0.25, 0.3) is 0 Å². The SMILES string of the molecule is CNCc1ccc(OCc2ccc(F)cc2Cl)c(OC)c1.Cl. The van der Waals surface area contributed by atoms with E-state index in [1.54, 1.807) is 13.2 Å². The molecule has 0 unspecified atom stereocenters. The van der Waals surface area contributed by atoms with Gasteiger partial charge >= 0.3 is 0 Å². The van der Waals surface area contributed by atoms with E-state index >= 15 is 0 Å². The average molecular weight is 346 g/mol. The lowest BCUT2D eigenvalue weighted by molar-refractivity contribution is 0.284. The number of methoxy groups -OCH3 is 1. The summed E-state index contributed by atoms with van der Waals surface area (Å²) in [6.45, 7) is 1.00. The first kappa shape index (κ1) is 18.6. The summed E-state index contributed by atoms with van der Waals surface area (Å²) in [6, 6.07) is 9.96. The Kier molecular flexibility index (Phi) is 7.45. The second kappa shape index (κ2) is 8.83. The topological polar surface area (TPSA) is 30.5 Å². The minimum absolute atomic E-state index is 0. The summed E-state index contributed by atoms with van der Waals surface area (Å²) in [5.74, 6) is 0.913. The standard InChI is InChI=1S/C16H17ClFNO2.ClH/c1-19-9-11-3-6-15(16(7-11)20-2)21-10-12-4-5-13(18)8-14(12)17;/h3-8,19H,9-10H2,1-2H3;1H. The molecular formula is C16H18Cl2FNO2. The van der Waals surface area contributed by atoms with Gasteiger partial charge in [0.25, 0.3) is 0 Å². The second-order valence-electron chi connectivity index (χ2n) is 4.54. The summed E-state index contributed by atoms with van der Waals surface area (Å²) in [5, 5.41) is 3.42. The first-order valence-corrected chi connectivity index (χ1v) is 6.90. The van der Waals surface area contributed by atoms with Gasteiger partial charge in [0.2, 0.25) is 0 Å². The Morgan fingerprint density at radius 3 is 2.55 bits per heavy atom. The molecule has 0 saturated heterocycles. The van der Waals surface area contributed by atoms with Crippen LogP contribution >= 0.6 is 24.0 Å². The molecule has 22 heavy (non-hydrogen) atoms. The van der Waals surface area contributed by atoms with Crippen molar-refractivity contribution < 1.29 is 13.9 Å². The molecule has 0 bridgehead atoms. The summed E-state index contributed by atoms with van der Waals surface area (Å²) < 4.78 is 24.0. The van der Waals surface area contributed by atoms with Crippen LogP contribution < -0.4 is 14.8 Å². The molecule has 0 aliphatic carbocycles. The molecule has 0 aromatic heterocycles. The highest BCUT2D eigenvalue weighted by atomic mass is 35.5. The molecule has 0 fully saturated rings. The smallest absolute Gasteiger partial charge is 0.161 e. The third-order valence-corrected chi connectivity index (χ3v) is 3.36. The first-order valence-electron chi connectivity index (χ1n) is 6.52. The zero-order chi connectivity index (χ0) is 15.2. The second-order valence-corrected chi connectivity index (χ2v) is 4.95. The van der Waals surface area contributed by atoms with E-state index in [0.29, 0.717) is 16.5 Å². The largest absolute Gasteiger partial charge is 0.493 e. The molecule has 0 atom stereocenters. The molecule has 0 aliphatic heterocycles. The van der Waals surface area contributed by atoms with E-state index in [1.807, 2.05) is 25.2 Å². The van der Waals surface area contributed by atoms with Gasteiger partial charge in [-0.15, -0.1) is 12.4 Å². The molecule has 0 aliphatic rings. The minimum atomic E-state index is -0.363. The highest BCUT2D eigenvalue weighted by molar-refractivity contribution is 6.31. The predicted molar refractivity (Wildman–Crippen MR) is 88.7 cm³/mol. The van der Waals surface area contributed by atoms with Crippen molar-refractivity contribution in [1.82, 2.24) is 5.32 Å². The van der Waals surface area contributed by atoms with Gasteiger partial charge in [-0.1, -0.05) is 23.7 Å². The van der Waals surface area contributed by atoms with Crippen LogP contribution in [0.3, 0.4) is 0 Å². The molecule has 3 nitrogen and oxygen atoms in total. The van der Waals surface area contributed by atoms with E-state index in [9.17, 15) is 4.39 Å². The Hall–Kier alpha value is -1.49. The van der Waals surface area contributed by atoms with Gasteiger partial charge in [0.15, 0.2) is 11.5 Å². The van der Waals surface area contributed by atoms with Crippen LogP contribution in [0.15, 0.2) is 36.4 Å². The minimum Gasteiger partial charge on any atom is -0.493 e.